The van der Waals surface area contributed by atoms with E-state index in [2.05, 4.69) is 59.7 Å². The highest BCUT2D eigenvalue weighted by Gasteiger charge is 2.25. The third-order valence-corrected chi connectivity index (χ3v) is 7.02. The lowest BCUT2D eigenvalue weighted by atomic mass is 9.75. The van der Waals surface area contributed by atoms with Gasteiger partial charge in [-0.15, -0.1) is 0 Å². The first-order chi connectivity index (χ1) is 12.0. The Morgan fingerprint density at radius 1 is 0.885 bits per heavy atom. The van der Waals surface area contributed by atoms with Crippen LogP contribution < -0.4 is 0 Å². The third kappa shape index (κ3) is 6.20. The number of hydrogen-bond donors (Lipinski definition) is 0. The fourth-order valence-corrected chi connectivity index (χ4v) is 3.37. The Morgan fingerprint density at radius 3 is 1.73 bits per heavy atom. The molecule has 0 radical (unpaired) electrons. The van der Waals surface area contributed by atoms with Crippen molar-refractivity contribution in [3.8, 4) is 0 Å². The first-order valence-electron chi connectivity index (χ1n) is 9.54. The SMILES string of the molecule is CCC(C)(C)c1cc(CCCOP(=O)(OC)OC)cc(C(C)(C)CC)c1. The van der Waals surface area contributed by atoms with Gasteiger partial charge >= 0.3 is 7.82 Å². The zero-order valence-electron chi connectivity index (χ0n) is 17.8. The minimum atomic E-state index is -3.38. The van der Waals surface area contributed by atoms with Gasteiger partial charge in [-0.1, -0.05) is 59.7 Å². The number of hydrogen-bond acceptors (Lipinski definition) is 4. The van der Waals surface area contributed by atoms with Crippen molar-refractivity contribution in [2.75, 3.05) is 20.8 Å². The molecular formula is C21H37O4P. The van der Waals surface area contributed by atoms with Crippen molar-refractivity contribution in [1.29, 1.82) is 0 Å². The van der Waals surface area contributed by atoms with E-state index in [-0.39, 0.29) is 10.8 Å². The minimum absolute atomic E-state index is 0.146. The van der Waals surface area contributed by atoms with E-state index in [0.29, 0.717) is 6.61 Å². The highest BCUT2D eigenvalue weighted by Crippen LogP contribution is 2.47. The van der Waals surface area contributed by atoms with Crippen LogP contribution in [-0.4, -0.2) is 20.8 Å². The molecule has 0 aliphatic carbocycles. The molecule has 1 rings (SSSR count). The lowest BCUT2D eigenvalue weighted by Crippen LogP contribution is -2.20. The van der Waals surface area contributed by atoms with Gasteiger partial charge in [-0.05, 0) is 53.2 Å². The molecule has 0 aromatic heterocycles. The molecule has 1 aromatic rings. The average molecular weight is 384 g/mol. The summed E-state index contributed by atoms with van der Waals surface area (Å²) in [5, 5.41) is 0. The molecule has 0 saturated carbocycles. The molecule has 0 atom stereocenters. The van der Waals surface area contributed by atoms with Gasteiger partial charge < -0.3 is 0 Å². The van der Waals surface area contributed by atoms with Crippen molar-refractivity contribution < 1.29 is 18.1 Å². The first kappa shape index (κ1) is 23.4. The minimum Gasteiger partial charge on any atom is -0.290 e. The molecule has 0 saturated heterocycles. The molecule has 0 fully saturated rings. The Morgan fingerprint density at radius 2 is 1.35 bits per heavy atom. The molecule has 5 heteroatoms. The molecule has 26 heavy (non-hydrogen) atoms. The Bertz CT molecular complexity index is 580. The van der Waals surface area contributed by atoms with Crippen LogP contribution in [0.15, 0.2) is 18.2 Å². The van der Waals surface area contributed by atoms with Crippen LogP contribution in [0.2, 0.25) is 0 Å². The maximum Gasteiger partial charge on any atom is 0.474 e. The van der Waals surface area contributed by atoms with Crippen molar-refractivity contribution in [2.24, 2.45) is 0 Å². The van der Waals surface area contributed by atoms with Crippen molar-refractivity contribution in [3.63, 3.8) is 0 Å². The number of phosphoric acid groups is 1. The maximum absolute atomic E-state index is 11.9. The molecule has 0 N–H and O–H groups in total. The van der Waals surface area contributed by atoms with Crippen LogP contribution in [0.1, 0.15) is 77.5 Å². The molecule has 0 heterocycles. The van der Waals surface area contributed by atoms with Gasteiger partial charge in [0.15, 0.2) is 0 Å². The van der Waals surface area contributed by atoms with E-state index in [1.165, 1.54) is 30.9 Å². The summed E-state index contributed by atoms with van der Waals surface area (Å²) >= 11 is 0. The summed E-state index contributed by atoms with van der Waals surface area (Å²) in [4.78, 5) is 0. The second-order valence-electron chi connectivity index (χ2n) is 8.14. The van der Waals surface area contributed by atoms with Crippen molar-refractivity contribution in [3.05, 3.63) is 34.9 Å². The molecule has 0 aliphatic heterocycles. The van der Waals surface area contributed by atoms with E-state index in [0.717, 1.165) is 25.7 Å². The normalized spacial score (nSPS) is 13.2. The Balaban J connectivity index is 2.98. The fourth-order valence-electron chi connectivity index (χ4n) is 2.66. The lowest BCUT2D eigenvalue weighted by Gasteiger charge is -2.29. The first-order valence-corrected chi connectivity index (χ1v) is 11.0. The van der Waals surface area contributed by atoms with Crippen LogP contribution >= 0.6 is 7.82 Å². The van der Waals surface area contributed by atoms with E-state index >= 15 is 0 Å². The molecule has 0 bridgehead atoms. The smallest absolute Gasteiger partial charge is 0.290 e. The van der Waals surface area contributed by atoms with Crippen LogP contribution in [0.3, 0.4) is 0 Å². The number of rotatable bonds is 11. The summed E-state index contributed by atoms with van der Waals surface area (Å²) in [6.07, 6.45) is 3.82. The summed E-state index contributed by atoms with van der Waals surface area (Å²) in [5.74, 6) is 0. The van der Waals surface area contributed by atoms with Gasteiger partial charge in [0.1, 0.15) is 0 Å². The second-order valence-corrected chi connectivity index (χ2v) is 10.0. The van der Waals surface area contributed by atoms with Crippen LogP contribution in [0, 0.1) is 0 Å². The van der Waals surface area contributed by atoms with Crippen LogP contribution in [-0.2, 0) is 35.4 Å². The predicted octanol–water partition coefficient (Wildman–Crippen LogP) is 6.41. The quantitative estimate of drug-likeness (QED) is 0.326. The fraction of sp³-hybridized carbons (Fsp3) is 0.714. The van der Waals surface area contributed by atoms with E-state index in [4.69, 9.17) is 13.6 Å². The zero-order chi connectivity index (χ0) is 20.0. The molecule has 0 aliphatic rings. The number of phosphoric ester groups is 1. The van der Waals surface area contributed by atoms with Crippen molar-refractivity contribution in [1.82, 2.24) is 0 Å². The molecule has 0 unspecified atom stereocenters. The van der Waals surface area contributed by atoms with E-state index in [9.17, 15) is 4.57 Å². The van der Waals surface area contributed by atoms with Crippen LogP contribution in [0.25, 0.3) is 0 Å². The average Bonchev–Trinajstić information content (AvgIpc) is 2.64. The topological polar surface area (TPSA) is 44.8 Å². The van der Waals surface area contributed by atoms with Gasteiger partial charge in [0.2, 0.25) is 0 Å². The van der Waals surface area contributed by atoms with E-state index in [1.807, 2.05) is 0 Å². The van der Waals surface area contributed by atoms with Gasteiger partial charge in [-0.25, -0.2) is 4.57 Å². The third-order valence-electron chi connectivity index (χ3n) is 5.63. The molecule has 150 valence electrons. The van der Waals surface area contributed by atoms with E-state index in [1.54, 1.807) is 0 Å². The molecule has 4 nitrogen and oxygen atoms in total. The molecule has 1 aromatic carbocycles. The van der Waals surface area contributed by atoms with E-state index < -0.39 is 7.82 Å². The number of aryl methyl sites for hydroxylation is 1. The Hall–Kier alpha value is -0.670. The molecule has 0 amide bonds. The van der Waals surface area contributed by atoms with Crippen LogP contribution in [0.4, 0.5) is 0 Å². The Labute approximate surface area is 160 Å². The van der Waals surface area contributed by atoms with Crippen molar-refractivity contribution >= 4 is 7.82 Å². The van der Waals surface area contributed by atoms with Gasteiger partial charge in [0.25, 0.3) is 0 Å². The van der Waals surface area contributed by atoms with Gasteiger partial charge in [-0.2, -0.15) is 0 Å². The van der Waals surface area contributed by atoms with Gasteiger partial charge in [0, 0.05) is 14.2 Å². The Kier molecular flexibility index (Phi) is 8.54. The summed E-state index contributed by atoms with van der Waals surface area (Å²) in [6, 6.07) is 6.99. The van der Waals surface area contributed by atoms with Gasteiger partial charge in [0.05, 0.1) is 6.61 Å². The summed E-state index contributed by atoms with van der Waals surface area (Å²) in [6.45, 7) is 14.0. The second kappa shape index (κ2) is 9.50. The van der Waals surface area contributed by atoms with Crippen LogP contribution in [0.5, 0.6) is 0 Å². The largest absolute Gasteiger partial charge is 0.474 e. The zero-order valence-corrected chi connectivity index (χ0v) is 18.7. The van der Waals surface area contributed by atoms with Gasteiger partial charge in [-0.3, -0.25) is 13.6 Å². The maximum atomic E-state index is 11.9. The highest BCUT2D eigenvalue weighted by molar-refractivity contribution is 7.48. The summed E-state index contributed by atoms with van der Waals surface area (Å²) < 4.78 is 26.9. The predicted molar refractivity (Wildman–Crippen MR) is 109 cm³/mol. The summed E-state index contributed by atoms with van der Waals surface area (Å²) in [7, 11) is -0.718. The lowest BCUT2D eigenvalue weighted by molar-refractivity contribution is 0.151. The number of benzene rings is 1. The van der Waals surface area contributed by atoms with Crippen molar-refractivity contribution in [2.45, 2.75) is 78.1 Å². The summed E-state index contributed by atoms with van der Waals surface area (Å²) in [5.41, 5.74) is 4.36. The highest BCUT2D eigenvalue weighted by atomic mass is 31.2. The standard InChI is InChI=1S/C21H37O4P/c1-9-20(3,4)18-14-17(15-19(16-18)21(5,6)10-2)12-11-13-25-26(22,23-7)24-8/h14-16H,9-13H2,1-8H3. The molecule has 0 spiro atoms. The monoisotopic (exact) mass is 384 g/mol. The molecular weight excluding hydrogens is 347 g/mol.